The van der Waals surface area contributed by atoms with E-state index in [1.807, 2.05) is 0 Å². The first-order valence-corrected chi connectivity index (χ1v) is 14.4. The number of hydrogen-bond acceptors (Lipinski definition) is 5. The van der Waals surface area contributed by atoms with Gasteiger partial charge in [-0.05, 0) is 39.5 Å². The van der Waals surface area contributed by atoms with Crippen molar-refractivity contribution in [3.8, 4) is 0 Å². The predicted molar refractivity (Wildman–Crippen MR) is 87.9 cm³/mol. The number of carbonyl (C=O) groups is 1. The first-order valence-electron chi connectivity index (χ1n) is 6.96. The lowest BCUT2D eigenvalue weighted by Gasteiger charge is -2.32. The molecule has 0 saturated heterocycles. The maximum absolute atomic E-state index is 11.3. The molecule has 0 atom stereocenters. The standard InChI is InChI=1S/C12H28O5Si3/c1-11(2)12(13)15-9-8-10-20(14-3,16-18(4)5)17-19(6)7/h18-19H,1,8-10H2,2-7H3. The SMILES string of the molecule is C=C(C)C(=O)OCCC[Si](OC)(O[SiH](C)C)O[SiH](C)C. The Labute approximate surface area is 127 Å². The zero-order valence-electron chi connectivity index (χ0n) is 13.5. The third kappa shape index (κ3) is 8.12. The van der Waals surface area contributed by atoms with Crippen LogP contribution in [0.25, 0.3) is 0 Å². The fourth-order valence-corrected chi connectivity index (χ4v) is 10.6. The molecule has 0 aromatic rings. The van der Waals surface area contributed by atoms with Crippen LogP contribution in [0, 0.1) is 0 Å². The summed E-state index contributed by atoms with van der Waals surface area (Å²) < 4.78 is 22.8. The van der Waals surface area contributed by atoms with E-state index in [1.165, 1.54) is 0 Å². The molecule has 0 rings (SSSR count). The van der Waals surface area contributed by atoms with Crippen molar-refractivity contribution in [2.45, 2.75) is 45.6 Å². The van der Waals surface area contributed by atoms with E-state index in [0.717, 1.165) is 0 Å². The summed E-state index contributed by atoms with van der Waals surface area (Å²) in [5.74, 6) is -0.354. The fraction of sp³-hybridized carbons (Fsp3) is 0.750. The van der Waals surface area contributed by atoms with Gasteiger partial charge in [0.05, 0.1) is 6.61 Å². The summed E-state index contributed by atoms with van der Waals surface area (Å²) in [6.45, 7) is 13.9. The molecule has 20 heavy (non-hydrogen) atoms. The Bertz CT molecular complexity index is 310. The monoisotopic (exact) mass is 336 g/mol. The van der Waals surface area contributed by atoms with Gasteiger partial charge in [0.25, 0.3) is 0 Å². The van der Waals surface area contributed by atoms with Crippen molar-refractivity contribution < 1.29 is 22.2 Å². The third-order valence-electron chi connectivity index (χ3n) is 2.35. The van der Waals surface area contributed by atoms with Crippen LogP contribution in [0.3, 0.4) is 0 Å². The molecule has 0 N–H and O–H groups in total. The first kappa shape index (κ1) is 19.7. The molecule has 5 nitrogen and oxygen atoms in total. The van der Waals surface area contributed by atoms with E-state index in [4.69, 9.17) is 17.4 Å². The average Bonchev–Trinajstić information content (AvgIpc) is 2.32. The quantitative estimate of drug-likeness (QED) is 0.265. The minimum atomic E-state index is -2.59. The van der Waals surface area contributed by atoms with Gasteiger partial charge < -0.3 is 17.4 Å². The van der Waals surface area contributed by atoms with Gasteiger partial charge in [0.1, 0.15) is 0 Å². The number of hydrogen-bond donors (Lipinski definition) is 0. The van der Waals surface area contributed by atoms with Gasteiger partial charge >= 0.3 is 14.8 Å². The molecule has 0 bridgehead atoms. The fourth-order valence-electron chi connectivity index (χ4n) is 1.64. The van der Waals surface area contributed by atoms with Crippen LogP contribution in [0.2, 0.25) is 32.2 Å². The summed E-state index contributed by atoms with van der Waals surface area (Å²) in [6, 6.07) is 0.684. The van der Waals surface area contributed by atoms with E-state index >= 15 is 0 Å². The molecule has 0 heterocycles. The first-order chi connectivity index (χ1) is 9.22. The molecule has 0 radical (unpaired) electrons. The molecular formula is C12H28O5Si3. The minimum absolute atomic E-state index is 0.343. The summed E-state index contributed by atoms with van der Waals surface area (Å²) in [5, 5.41) is 0. The van der Waals surface area contributed by atoms with Gasteiger partial charge in [-0.3, -0.25) is 0 Å². The summed E-state index contributed by atoms with van der Waals surface area (Å²) in [5.41, 5.74) is 0.414. The van der Waals surface area contributed by atoms with Crippen molar-refractivity contribution in [3.05, 3.63) is 12.2 Å². The van der Waals surface area contributed by atoms with Crippen LogP contribution in [0.4, 0.5) is 0 Å². The minimum Gasteiger partial charge on any atom is -0.462 e. The van der Waals surface area contributed by atoms with E-state index in [1.54, 1.807) is 14.0 Å². The van der Waals surface area contributed by atoms with E-state index in [-0.39, 0.29) is 5.97 Å². The highest BCUT2D eigenvalue weighted by Gasteiger charge is 2.40. The van der Waals surface area contributed by atoms with Crippen LogP contribution in [0.1, 0.15) is 13.3 Å². The van der Waals surface area contributed by atoms with Gasteiger partial charge in [-0.15, -0.1) is 0 Å². The third-order valence-corrected chi connectivity index (χ3v) is 10.6. The van der Waals surface area contributed by atoms with E-state index in [9.17, 15) is 4.79 Å². The lowest BCUT2D eigenvalue weighted by molar-refractivity contribution is -0.139. The van der Waals surface area contributed by atoms with Crippen molar-refractivity contribution in [1.82, 2.24) is 0 Å². The molecule has 0 saturated carbocycles. The lowest BCUT2D eigenvalue weighted by Crippen LogP contribution is -2.50. The predicted octanol–water partition coefficient (Wildman–Crippen LogP) is 2.08. The summed E-state index contributed by atoms with van der Waals surface area (Å²) in [6.07, 6.45) is 0.682. The number of ether oxygens (including phenoxy) is 1. The van der Waals surface area contributed by atoms with Crippen LogP contribution in [-0.2, 0) is 22.2 Å². The normalized spacial score (nSPS) is 12.0. The molecule has 0 fully saturated rings. The van der Waals surface area contributed by atoms with E-state index in [0.29, 0.717) is 24.6 Å². The lowest BCUT2D eigenvalue weighted by atomic mass is 10.4. The van der Waals surface area contributed by atoms with Gasteiger partial charge in [-0.1, -0.05) is 6.58 Å². The second kappa shape index (κ2) is 9.64. The molecule has 8 heteroatoms. The Kier molecular flexibility index (Phi) is 9.51. The number of rotatable bonds is 10. The number of esters is 1. The summed E-state index contributed by atoms with van der Waals surface area (Å²) in [4.78, 5) is 11.3. The Morgan fingerprint density at radius 3 is 2.00 bits per heavy atom. The van der Waals surface area contributed by atoms with Crippen molar-refractivity contribution >= 4 is 32.9 Å². The molecule has 0 unspecified atom stereocenters. The molecule has 0 spiro atoms. The second-order valence-electron chi connectivity index (χ2n) is 5.24. The maximum atomic E-state index is 11.3. The molecule has 0 aliphatic heterocycles. The molecular weight excluding hydrogens is 308 g/mol. The highest BCUT2D eigenvalue weighted by atomic mass is 28.5. The van der Waals surface area contributed by atoms with Crippen molar-refractivity contribution in [3.63, 3.8) is 0 Å². The molecule has 0 aliphatic carbocycles. The zero-order valence-corrected chi connectivity index (χ0v) is 16.8. The molecule has 0 aromatic heterocycles. The topological polar surface area (TPSA) is 54.0 Å². The van der Waals surface area contributed by atoms with E-state index < -0.39 is 26.9 Å². The van der Waals surface area contributed by atoms with Crippen LogP contribution in [-0.4, -0.2) is 46.6 Å². The van der Waals surface area contributed by atoms with Crippen LogP contribution >= 0.6 is 0 Å². The highest BCUT2D eigenvalue weighted by molar-refractivity contribution is 6.75. The van der Waals surface area contributed by atoms with Crippen molar-refractivity contribution in [2.24, 2.45) is 0 Å². The van der Waals surface area contributed by atoms with Crippen LogP contribution in [0.15, 0.2) is 12.2 Å². The maximum Gasteiger partial charge on any atom is 0.479 e. The van der Waals surface area contributed by atoms with Crippen LogP contribution in [0.5, 0.6) is 0 Å². The van der Waals surface area contributed by atoms with Crippen molar-refractivity contribution in [2.75, 3.05) is 13.7 Å². The Balaban J connectivity index is 4.41. The highest BCUT2D eigenvalue weighted by Crippen LogP contribution is 2.19. The van der Waals surface area contributed by atoms with Crippen LogP contribution < -0.4 is 0 Å². The molecule has 0 amide bonds. The molecule has 0 aliphatic rings. The second-order valence-corrected chi connectivity index (χ2v) is 13.6. The summed E-state index contributed by atoms with van der Waals surface area (Å²) in [7, 11) is -3.43. The Morgan fingerprint density at radius 2 is 1.65 bits per heavy atom. The van der Waals surface area contributed by atoms with E-state index in [2.05, 4.69) is 32.8 Å². The van der Waals surface area contributed by atoms with Crippen molar-refractivity contribution in [1.29, 1.82) is 0 Å². The largest absolute Gasteiger partial charge is 0.479 e. The molecule has 118 valence electrons. The number of carbonyl (C=O) groups excluding carboxylic acids is 1. The Morgan fingerprint density at radius 1 is 1.15 bits per heavy atom. The van der Waals surface area contributed by atoms with Gasteiger partial charge in [0, 0.05) is 18.7 Å². The Hall–Kier alpha value is -0.259. The van der Waals surface area contributed by atoms with Gasteiger partial charge in [-0.2, -0.15) is 0 Å². The smallest absolute Gasteiger partial charge is 0.462 e. The van der Waals surface area contributed by atoms with Gasteiger partial charge in [-0.25, -0.2) is 4.79 Å². The summed E-state index contributed by atoms with van der Waals surface area (Å²) >= 11 is 0. The van der Waals surface area contributed by atoms with Gasteiger partial charge in [0.15, 0.2) is 18.1 Å². The molecule has 0 aromatic carbocycles. The average molecular weight is 337 g/mol. The zero-order chi connectivity index (χ0) is 15.8. The van der Waals surface area contributed by atoms with Gasteiger partial charge in [0.2, 0.25) is 0 Å².